The molecule has 0 aromatic carbocycles. The summed E-state index contributed by atoms with van der Waals surface area (Å²) in [5, 5.41) is 0. The fourth-order valence-electron chi connectivity index (χ4n) is 3.11. The van der Waals surface area contributed by atoms with Gasteiger partial charge in [-0.1, -0.05) is 12.2 Å². The number of rotatable bonds is 2. The van der Waals surface area contributed by atoms with E-state index in [2.05, 4.69) is 31.1 Å². The Morgan fingerprint density at radius 1 is 1.24 bits per heavy atom. The van der Waals surface area contributed by atoms with Crippen molar-refractivity contribution < 1.29 is 0 Å². The molecule has 1 saturated carbocycles. The molecule has 0 spiro atoms. The highest BCUT2D eigenvalue weighted by molar-refractivity contribution is 5.27. The maximum Gasteiger partial charge on any atom is 0.0407 e. The lowest BCUT2D eigenvalue weighted by Crippen LogP contribution is -2.48. The van der Waals surface area contributed by atoms with Crippen LogP contribution in [0, 0.1) is 5.92 Å². The third-order valence-corrected chi connectivity index (χ3v) is 4.46. The van der Waals surface area contributed by atoms with E-state index in [-0.39, 0.29) is 5.54 Å². The maximum atomic E-state index is 6.52. The van der Waals surface area contributed by atoms with Gasteiger partial charge in [0.15, 0.2) is 0 Å². The van der Waals surface area contributed by atoms with Crippen molar-refractivity contribution in [2.75, 3.05) is 14.1 Å². The number of allylic oxidation sites excluding steroid dienone is 1. The van der Waals surface area contributed by atoms with E-state index in [4.69, 9.17) is 11.5 Å². The van der Waals surface area contributed by atoms with Crippen LogP contribution in [0.15, 0.2) is 23.9 Å². The number of hydrogen-bond acceptors (Lipinski definition) is 3. The summed E-state index contributed by atoms with van der Waals surface area (Å²) in [7, 11) is 4.35. The predicted octanol–water partition coefficient (Wildman–Crippen LogP) is 1.61. The van der Waals surface area contributed by atoms with Gasteiger partial charge in [-0.2, -0.15) is 0 Å². The van der Waals surface area contributed by atoms with E-state index in [1.165, 1.54) is 25.7 Å². The van der Waals surface area contributed by atoms with E-state index in [0.717, 1.165) is 18.2 Å². The van der Waals surface area contributed by atoms with Gasteiger partial charge in [0.2, 0.25) is 0 Å². The molecule has 2 aliphatic carbocycles. The minimum atomic E-state index is -0.153. The van der Waals surface area contributed by atoms with Gasteiger partial charge in [-0.05, 0) is 58.2 Å². The highest BCUT2D eigenvalue weighted by Crippen LogP contribution is 2.37. The van der Waals surface area contributed by atoms with Gasteiger partial charge in [-0.15, -0.1) is 0 Å². The highest BCUT2D eigenvalue weighted by Gasteiger charge is 2.36. The summed E-state index contributed by atoms with van der Waals surface area (Å²) in [5.74, 6) is 0.610. The Bertz CT molecular complexity index is 324. The van der Waals surface area contributed by atoms with Gasteiger partial charge >= 0.3 is 0 Å². The zero-order valence-corrected chi connectivity index (χ0v) is 11.0. The third kappa shape index (κ3) is 2.72. The van der Waals surface area contributed by atoms with Gasteiger partial charge in [0.05, 0.1) is 0 Å². The molecule has 0 radical (unpaired) electrons. The van der Waals surface area contributed by atoms with Crippen LogP contribution in [0.2, 0.25) is 0 Å². The van der Waals surface area contributed by atoms with Crippen molar-refractivity contribution in [2.24, 2.45) is 17.4 Å². The molecule has 3 nitrogen and oxygen atoms in total. The van der Waals surface area contributed by atoms with Crippen LogP contribution >= 0.6 is 0 Å². The maximum absolute atomic E-state index is 6.52. The predicted molar refractivity (Wildman–Crippen MR) is 72.4 cm³/mol. The Hall–Kier alpha value is -0.800. The second-order valence-corrected chi connectivity index (χ2v) is 5.82. The number of nitrogens with two attached hydrogens (primary N) is 2. The minimum absolute atomic E-state index is 0.153. The highest BCUT2D eigenvalue weighted by atomic mass is 15.1. The van der Waals surface area contributed by atoms with Crippen molar-refractivity contribution in [1.82, 2.24) is 4.90 Å². The van der Waals surface area contributed by atoms with Crippen LogP contribution in [0.3, 0.4) is 0 Å². The van der Waals surface area contributed by atoms with E-state index in [1.54, 1.807) is 0 Å². The second kappa shape index (κ2) is 4.83. The molecular weight excluding hydrogens is 210 g/mol. The van der Waals surface area contributed by atoms with Crippen LogP contribution in [-0.2, 0) is 0 Å². The average Bonchev–Trinajstić information content (AvgIpc) is 2.33. The van der Waals surface area contributed by atoms with Crippen molar-refractivity contribution in [3.63, 3.8) is 0 Å². The van der Waals surface area contributed by atoms with Crippen LogP contribution in [0.4, 0.5) is 0 Å². The lowest BCUT2D eigenvalue weighted by atomic mass is 9.71. The van der Waals surface area contributed by atoms with Gasteiger partial charge in [0.1, 0.15) is 0 Å². The van der Waals surface area contributed by atoms with E-state index in [0.29, 0.717) is 5.92 Å². The van der Waals surface area contributed by atoms with Gasteiger partial charge < -0.3 is 16.4 Å². The molecule has 96 valence electrons. The lowest BCUT2D eigenvalue weighted by Gasteiger charge is -2.41. The Labute approximate surface area is 105 Å². The quantitative estimate of drug-likeness (QED) is 0.764. The molecule has 0 aromatic rings. The van der Waals surface area contributed by atoms with E-state index in [9.17, 15) is 0 Å². The first-order chi connectivity index (χ1) is 8.01. The van der Waals surface area contributed by atoms with Crippen molar-refractivity contribution in [1.29, 1.82) is 0 Å². The molecule has 0 saturated heterocycles. The molecule has 1 unspecified atom stereocenters. The molecule has 4 N–H and O–H groups in total. The number of hydrogen-bond donors (Lipinski definition) is 2. The smallest absolute Gasteiger partial charge is 0.0407 e. The van der Waals surface area contributed by atoms with E-state index >= 15 is 0 Å². The van der Waals surface area contributed by atoms with Crippen LogP contribution in [0.5, 0.6) is 0 Å². The lowest BCUT2D eigenvalue weighted by molar-refractivity contribution is 0.159. The summed E-state index contributed by atoms with van der Waals surface area (Å²) in [6.45, 7) is 0. The molecule has 2 rings (SSSR count). The molecule has 0 aromatic heterocycles. The normalized spacial score (nSPS) is 38.2. The first kappa shape index (κ1) is 12.7. The first-order valence-corrected chi connectivity index (χ1v) is 6.61. The topological polar surface area (TPSA) is 55.3 Å². The SMILES string of the molecule is CN(C)C1CCC(C2(N)C=CC(N)=CC2)CC1. The molecule has 1 fully saturated rings. The zero-order valence-electron chi connectivity index (χ0n) is 11.0. The Balaban J connectivity index is 1.95. The molecule has 0 aliphatic heterocycles. The van der Waals surface area contributed by atoms with Crippen molar-refractivity contribution in [3.8, 4) is 0 Å². The van der Waals surface area contributed by atoms with Crippen LogP contribution in [0.1, 0.15) is 32.1 Å². The molecular formula is C14H25N3. The fraction of sp³-hybridized carbons (Fsp3) is 0.714. The standard InChI is InChI=1S/C14H25N3/c1-17(2)13-5-3-11(4-6-13)14(16)9-7-12(15)8-10-14/h7-9,11,13H,3-6,10,15-16H2,1-2H3. The Kier molecular flexibility index (Phi) is 3.59. The summed E-state index contributed by atoms with van der Waals surface area (Å²) in [6, 6.07) is 0.739. The molecule has 0 heterocycles. The van der Waals surface area contributed by atoms with E-state index in [1.807, 2.05) is 6.08 Å². The van der Waals surface area contributed by atoms with Crippen LogP contribution in [0.25, 0.3) is 0 Å². The van der Waals surface area contributed by atoms with Crippen molar-refractivity contribution >= 4 is 0 Å². The Morgan fingerprint density at radius 3 is 2.35 bits per heavy atom. The van der Waals surface area contributed by atoms with Crippen LogP contribution in [-0.4, -0.2) is 30.6 Å². The van der Waals surface area contributed by atoms with Crippen molar-refractivity contribution in [3.05, 3.63) is 23.9 Å². The molecule has 2 aliphatic rings. The number of nitrogens with zero attached hydrogens (tertiary/aromatic N) is 1. The second-order valence-electron chi connectivity index (χ2n) is 5.82. The molecule has 0 amide bonds. The summed E-state index contributed by atoms with van der Waals surface area (Å²) in [6.07, 6.45) is 12.1. The largest absolute Gasteiger partial charge is 0.399 e. The van der Waals surface area contributed by atoms with Crippen molar-refractivity contribution in [2.45, 2.75) is 43.7 Å². The van der Waals surface area contributed by atoms with Crippen LogP contribution < -0.4 is 11.5 Å². The van der Waals surface area contributed by atoms with Gasteiger partial charge in [-0.25, -0.2) is 0 Å². The fourth-order valence-corrected chi connectivity index (χ4v) is 3.11. The van der Waals surface area contributed by atoms with Gasteiger partial charge in [-0.3, -0.25) is 0 Å². The molecule has 0 bridgehead atoms. The first-order valence-electron chi connectivity index (χ1n) is 6.61. The van der Waals surface area contributed by atoms with Gasteiger partial charge in [0.25, 0.3) is 0 Å². The molecule has 1 atom stereocenters. The molecule has 3 heteroatoms. The summed E-state index contributed by atoms with van der Waals surface area (Å²) >= 11 is 0. The van der Waals surface area contributed by atoms with Gasteiger partial charge in [0, 0.05) is 17.3 Å². The average molecular weight is 235 g/mol. The monoisotopic (exact) mass is 235 g/mol. The summed E-state index contributed by atoms with van der Waals surface area (Å²) in [5.41, 5.74) is 13.0. The minimum Gasteiger partial charge on any atom is -0.399 e. The molecule has 17 heavy (non-hydrogen) atoms. The Morgan fingerprint density at radius 2 is 1.88 bits per heavy atom. The summed E-state index contributed by atoms with van der Waals surface area (Å²) in [4.78, 5) is 2.34. The summed E-state index contributed by atoms with van der Waals surface area (Å²) < 4.78 is 0. The third-order valence-electron chi connectivity index (χ3n) is 4.46. The zero-order chi connectivity index (χ0) is 12.5. The van der Waals surface area contributed by atoms with E-state index < -0.39 is 0 Å².